The molecular weight excluding hydrogens is 681 g/mol. The van der Waals surface area contributed by atoms with Gasteiger partial charge in [-0.2, -0.15) is 0 Å². The highest BCUT2D eigenvalue weighted by Crippen LogP contribution is 2.45. The molecule has 0 bridgehead atoms. The van der Waals surface area contributed by atoms with Crippen LogP contribution in [0.3, 0.4) is 0 Å². The Morgan fingerprint density at radius 2 is 1.86 bits per heavy atom. The fraction of sp³-hybridized carbons (Fsp3) is 0.378. The van der Waals surface area contributed by atoms with Crippen molar-refractivity contribution in [2.45, 2.75) is 56.8 Å². The van der Waals surface area contributed by atoms with E-state index in [4.69, 9.17) is 32.7 Å². The number of aliphatic hydroxyl groups is 1. The largest absolute Gasteiger partial charge is 0.496 e. The highest BCUT2D eigenvalue weighted by atomic mass is 35.5. The Morgan fingerprint density at radius 3 is 2.60 bits per heavy atom. The summed E-state index contributed by atoms with van der Waals surface area (Å²) in [5.41, 5.74) is 6.13. The zero-order valence-electron chi connectivity index (χ0n) is 27.9. The molecule has 1 atom stereocenters. The van der Waals surface area contributed by atoms with Crippen LogP contribution in [0.4, 0.5) is 5.69 Å². The van der Waals surface area contributed by atoms with Gasteiger partial charge in [0.25, 0.3) is 5.91 Å². The van der Waals surface area contributed by atoms with Crippen molar-refractivity contribution in [3.05, 3.63) is 92.5 Å². The number of carbonyl (C=O) groups is 2. The number of hydrogen-bond acceptors (Lipinski definition) is 8. The molecule has 0 radical (unpaired) electrons. The Kier molecular flexibility index (Phi) is 9.53. The van der Waals surface area contributed by atoms with E-state index in [1.165, 1.54) is 0 Å². The second kappa shape index (κ2) is 13.9. The molecule has 7 rings (SSSR count). The topological polar surface area (TPSA) is 138 Å². The minimum absolute atomic E-state index is 0.0807. The maximum Gasteiger partial charge on any atom is 0.323 e. The lowest BCUT2D eigenvalue weighted by Crippen LogP contribution is -2.38. The summed E-state index contributed by atoms with van der Waals surface area (Å²) in [6.45, 7) is 2.35. The molecule has 11 nitrogen and oxygen atoms in total. The third-order valence-electron chi connectivity index (χ3n) is 10.1. The predicted molar refractivity (Wildman–Crippen MR) is 190 cm³/mol. The fourth-order valence-corrected chi connectivity index (χ4v) is 7.63. The van der Waals surface area contributed by atoms with E-state index in [0.717, 1.165) is 65.0 Å². The van der Waals surface area contributed by atoms with Gasteiger partial charge in [0.05, 0.1) is 35.1 Å². The number of benzene rings is 3. The lowest BCUT2D eigenvalue weighted by atomic mass is 9.96. The monoisotopic (exact) mass is 719 g/mol. The number of carbonyl (C=O) groups excluding carboxylic acids is 1. The summed E-state index contributed by atoms with van der Waals surface area (Å²) in [5.74, 6) is 0.161. The highest BCUT2D eigenvalue weighted by molar-refractivity contribution is 6.36. The average molecular weight is 721 g/mol. The van der Waals surface area contributed by atoms with E-state index in [9.17, 15) is 19.8 Å². The highest BCUT2D eigenvalue weighted by Gasteiger charge is 2.50. The van der Waals surface area contributed by atoms with Gasteiger partial charge in [0.15, 0.2) is 5.82 Å². The molecule has 1 aliphatic heterocycles. The van der Waals surface area contributed by atoms with Crippen LogP contribution in [0.25, 0.3) is 11.1 Å². The Balaban J connectivity index is 1.09. The van der Waals surface area contributed by atoms with Crippen molar-refractivity contribution in [2.24, 2.45) is 7.05 Å². The molecule has 1 saturated carbocycles. The number of ether oxygens (including phenoxy) is 2. The van der Waals surface area contributed by atoms with Crippen LogP contribution in [0.1, 0.15) is 64.1 Å². The summed E-state index contributed by atoms with van der Waals surface area (Å²) < 4.78 is 14.0. The lowest BCUT2D eigenvalue weighted by molar-refractivity contribution is -0.140. The molecule has 4 aromatic rings. The van der Waals surface area contributed by atoms with Crippen molar-refractivity contribution in [3.8, 4) is 22.6 Å². The van der Waals surface area contributed by atoms with Crippen LogP contribution in [0.2, 0.25) is 10.0 Å². The number of aliphatic carboxylic acids is 1. The first-order valence-corrected chi connectivity index (χ1v) is 17.5. The van der Waals surface area contributed by atoms with E-state index in [2.05, 4.69) is 20.5 Å². The van der Waals surface area contributed by atoms with Crippen molar-refractivity contribution < 1.29 is 29.3 Å². The van der Waals surface area contributed by atoms with E-state index >= 15 is 0 Å². The molecule has 2 aliphatic carbocycles. The van der Waals surface area contributed by atoms with Gasteiger partial charge in [0.2, 0.25) is 0 Å². The number of carboxylic acid groups (broad SMARTS) is 1. The van der Waals surface area contributed by atoms with E-state index in [1.54, 1.807) is 25.3 Å². The van der Waals surface area contributed by atoms with Crippen LogP contribution >= 0.6 is 23.2 Å². The fourth-order valence-electron chi connectivity index (χ4n) is 7.13. The molecule has 2 heterocycles. The summed E-state index contributed by atoms with van der Waals surface area (Å²) in [6.07, 6.45) is 3.15. The predicted octanol–water partition coefficient (Wildman–Crippen LogP) is 5.78. The molecule has 3 aromatic carbocycles. The quantitative estimate of drug-likeness (QED) is 0.144. The number of fused-ring (bicyclic) bond motifs is 2. The molecule has 262 valence electrons. The molecule has 1 fully saturated rings. The smallest absolute Gasteiger partial charge is 0.323 e. The Labute approximate surface area is 300 Å². The number of β-amino-alcohol motifs (C(OH)–C–C–N with tert-alkyl or cyclic N) is 1. The van der Waals surface area contributed by atoms with Crippen LogP contribution in [-0.2, 0) is 37.8 Å². The minimum Gasteiger partial charge on any atom is -0.496 e. The second-order valence-electron chi connectivity index (χ2n) is 13.1. The second-order valence-corrected chi connectivity index (χ2v) is 13.9. The van der Waals surface area contributed by atoms with Crippen LogP contribution in [0, 0.1) is 0 Å². The summed E-state index contributed by atoms with van der Waals surface area (Å²) in [5, 5.41) is 25.8. The van der Waals surface area contributed by atoms with Gasteiger partial charge in [0, 0.05) is 62.5 Å². The van der Waals surface area contributed by atoms with Gasteiger partial charge in [-0.05, 0) is 54.5 Å². The maximum absolute atomic E-state index is 13.5. The van der Waals surface area contributed by atoms with Crippen LogP contribution in [0.5, 0.6) is 11.5 Å². The number of aromatic nitrogens is 2. The minimum atomic E-state index is -0.880. The zero-order chi connectivity index (χ0) is 35.2. The van der Waals surface area contributed by atoms with Crippen molar-refractivity contribution in [2.75, 3.05) is 32.1 Å². The summed E-state index contributed by atoms with van der Waals surface area (Å²) in [6, 6.07) is 15.2. The van der Waals surface area contributed by atoms with Crippen LogP contribution in [-0.4, -0.2) is 68.9 Å². The van der Waals surface area contributed by atoms with Gasteiger partial charge < -0.3 is 29.6 Å². The standard InChI is InChI=1S/C37H39Cl2N5O6/c1-43-29-11-14-44(15-16-45)20-28(29)41-34(43)35(46)42-27-8-4-7-25(33(27)39)22-5-3-6-24-23(22)9-10-30(24)50-32-18-31(49-2)21(17-26(32)38)19-40-37(12-13-37)36(47)48/h3-8,17-18,30,40,45H,9-16,19-20H2,1-2H3,(H,42,46)(H,47,48). The molecule has 0 spiro atoms. The van der Waals surface area contributed by atoms with Crippen LogP contribution in [0.15, 0.2) is 48.5 Å². The number of anilines is 1. The number of nitrogens with zero attached hydrogens (tertiary/aromatic N) is 3. The first kappa shape index (κ1) is 34.3. The van der Waals surface area contributed by atoms with E-state index in [0.29, 0.717) is 65.5 Å². The SMILES string of the molecule is COc1cc(OC2CCc3c(-c4cccc(NC(=O)c5nc6c(n5C)CCN(CCO)C6)c4Cl)cccc32)c(Cl)cc1CNC1(C(=O)O)CC1. The Morgan fingerprint density at radius 1 is 1.08 bits per heavy atom. The molecule has 3 aliphatic rings. The molecule has 1 aromatic heterocycles. The Bertz CT molecular complexity index is 1980. The van der Waals surface area contributed by atoms with Crippen molar-refractivity contribution >= 4 is 40.8 Å². The van der Waals surface area contributed by atoms with Crippen molar-refractivity contribution in [3.63, 3.8) is 0 Å². The number of aliphatic hydroxyl groups excluding tert-OH is 1. The number of hydrogen-bond donors (Lipinski definition) is 4. The molecule has 13 heteroatoms. The van der Waals surface area contributed by atoms with Gasteiger partial charge in [-0.15, -0.1) is 0 Å². The number of halogens is 2. The van der Waals surface area contributed by atoms with E-state index in [-0.39, 0.29) is 18.6 Å². The zero-order valence-corrected chi connectivity index (χ0v) is 29.4. The molecule has 1 amide bonds. The number of methoxy groups -OCH3 is 1. The van der Waals surface area contributed by atoms with Crippen molar-refractivity contribution in [1.82, 2.24) is 19.8 Å². The lowest BCUT2D eigenvalue weighted by Gasteiger charge is -2.25. The number of carboxylic acids is 1. The molecular formula is C37H39Cl2N5O6. The summed E-state index contributed by atoms with van der Waals surface area (Å²) >= 11 is 13.7. The molecule has 50 heavy (non-hydrogen) atoms. The van der Waals surface area contributed by atoms with Gasteiger partial charge in [0.1, 0.15) is 23.1 Å². The third-order valence-corrected chi connectivity index (χ3v) is 10.8. The molecule has 4 N–H and O–H groups in total. The number of nitrogens with one attached hydrogen (secondary N) is 2. The van der Waals surface area contributed by atoms with E-state index < -0.39 is 11.5 Å². The van der Waals surface area contributed by atoms with Gasteiger partial charge in [-0.25, -0.2) is 4.98 Å². The number of rotatable bonds is 12. The van der Waals surface area contributed by atoms with E-state index in [1.807, 2.05) is 41.9 Å². The first-order chi connectivity index (χ1) is 24.1. The van der Waals surface area contributed by atoms with Gasteiger partial charge >= 0.3 is 5.97 Å². The summed E-state index contributed by atoms with van der Waals surface area (Å²) in [7, 11) is 3.42. The molecule has 1 unspecified atom stereocenters. The first-order valence-electron chi connectivity index (χ1n) is 16.7. The van der Waals surface area contributed by atoms with Gasteiger partial charge in [-0.3, -0.25) is 19.8 Å². The van der Waals surface area contributed by atoms with Crippen molar-refractivity contribution in [1.29, 1.82) is 0 Å². The number of amides is 1. The normalized spacial score (nSPS) is 17.6. The Hall–Kier alpha value is -4.13. The van der Waals surface area contributed by atoms with Crippen LogP contribution < -0.4 is 20.1 Å². The maximum atomic E-state index is 13.5. The van der Waals surface area contributed by atoms with Gasteiger partial charge in [-0.1, -0.05) is 53.5 Å². The molecule has 0 saturated heterocycles. The number of imidazole rings is 1. The average Bonchev–Trinajstić information content (AvgIpc) is 3.70. The third kappa shape index (κ3) is 6.44. The summed E-state index contributed by atoms with van der Waals surface area (Å²) in [4.78, 5) is 31.9.